The largest absolute Gasteiger partial charge is 0.380 e. The zero-order valence-electron chi connectivity index (χ0n) is 17.9. The Kier molecular flexibility index (Phi) is 5.97. The molecule has 0 aliphatic carbocycles. The molecule has 2 N–H and O–H groups in total. The summed E-state index contributed by atoms with van der Waals surface area (Å²) in [5, 5.41) is 5.20. The third-order valence-corrected chi connectivity index (χ3v) is 6.49. The van der Waals surface area contributed by atoms with Crippen molar-refractivity contribution in [1.82, 2.24) is 15.5 Å². The van der Waals surface area contributed by atoms with Crippen molar-refractivity contribution in [3.8, 4) is 0 Å². The second-order valence-corrected chi connectivity index (χ2v) is 8.62. The summed E-state index contributed by atoms with van der Waals surface area (Å²) in [5.74, 6) is -4.45. The summed E-state index contributed by atoms with van der Waals surface area (Å²) in [4.78, 5) is 37.8. The summed E-state index contributed by atoms with van der Waals surface area (Å²) in [5.41, 5.74) is 1.46. The number of imide groups is 1. The lowest BCUT2D eigenvalue weighted by atomic mass is 10.00. The number of benzene rings is 2. The van der Waals surface area contributed by atoms with Gasteiger partial charge in [-0.1, -0.05) is 42.4 Å². The molecule has 1 fully saturated rings. The van der Waals surface area contributed by atoms with Crippen molar-refractivity contribution in [3.63, 3.8) is 0 Å². The first-order chi connectivity index (χ1) is 15.6. The monoisotopic (exact) mass is 473 g/mol. The molecule has 1 atom stereocenters. The fourth-order valence-electron chi connectivity index (χ4n) is 4.17. The molecule has 0 bridgehead atoms. The molecule has 0 spiro atoms. The number of alkyl halides is 2. The molecule has 6 nitrogen and oxygen atoms in total. The molecule has 4 rings (SSSR count). The summed E-state index contributed by atoms with van der Waals surface area (Å²) in [6, 6.07) is 8.69. The Labute approximate surface area is 194 Å². The number of rotatable bonds is 6. The topological polar surface area (TPSA) is 78.5 Å². The number of hydrogen-bond acceptors (Lipinski definition) is 4. The third kappa shape index (κ3) is 4.23. The zero-order valence-corrected chi connectivity index (χ0v) is 18.6. The second-order valence-electron chi connectivity index (χ2n) is 8.21. The maximum atomic E-state index is 15.0. The van der Waals surface area contributed by atoms with E-state index in [2.05, 4.69) is 17.2 Å². The molecule has 2 aliphatic rings. The van der Waals surface area contributed by atoms with Crippen molar-refractivity contribution >= 4 is 29.3 Å². The molecule has 2 aromatic carbocycles. The molecule has 1 saturated heterocycles. The van der Waals surface area contributed by atoms with Crippen molar-refractivity contribution in [1.29, 1.82) is 0 Å². The van der Waals surface area contributed by atoms with Crippen LogP contribution in [0.4, 0.5) is 8.78 Å². The van der Waals surface area contributed by atoms with Crippen molar-refractivity contribution in [2.45, 2.75) is 44.8 Å². The maximum Gasteiger partial charge on any atom is 0.312 e. The first-order valence-electron chi connectivity index (χ1n) is 10.4. The van der Waals surface area contributed by atoms with Crippen LogP contribution in [0.3, 0.4) is 0 Å². The van der Waals surface area contributed by atoms with E-state index >= 15 is 0 Å². The average molecular weight is 474 g/mol. The predicted molar refractivity (Wildman–Crippen MR) is 119 cm³/mol. The molecule has 2 aromatic rings. The van der Waals surface area contributed by atoms with Gasteiger partial charge in [-0.25, -0.2) is 0 Å². The first-order valence-corrected chi connectivity index (χ1v) is 10.8. The lowest BCUT2D eigenvalue weighted by Crippen LogP contribution is -2.52. The lowest BCUT2D eigenvalue weighted by molar-refractivity contribution is -0.136. The number of halogens is 3. The van der Waals surface area contributed by atoms with Gasteiger partial charge in [0.25, 0.3) is 5.91 Å². The van der Waals surface area contributed by atoms with E-state index in [1.165, 1.54) is 24.0 Å². The van der Waals surface area contributed by atoms with Crippen LogP contribution in [0.25, 0.3) is 0 Å². The summed E-state index contributed by atoms with van der Waals surface area (Å²) in [7, 11) is 0. The van der Waals surface area contributed by atoms with Crippen LogP contribution in [0.15, 0.2) is 48.7 Å². The number of carbonyl (C=O) groups excluding carboxylic acids is 3. The van der Waals surface area contributed by atoms with Crippen molar-refractivity contribution in [2.24, 2.45) is 0 Å². The molecule has 0 radical (unpaired) electrons. The van der Waals surface area contributed by atoms with E-state index < -0.39 is 23.6 Å². The minimum atomic E-state index is -3.33. The van der Waals surface area contributed by atoms with E-state index in [1.807, 2.05) is 0 Å². The zero-order chi connectivity index (χ0) is 23.9. The number of piperidine rings is 1. The van der Waals surface area contributed by atoms with Crippen LogP contribution in [0.1, 0.15) is 45.5 Å². The van der Waals surface area contributed by atoms with Crippen LogP contribution >= 0.6 is 11.6 Å². The Morgan fingerprint density at radius 2 is 2.03 bits per heavy atom. The SMILES string of the molecule is C=C(NCc1ccc2c(c1)CN(C1CCC(=O)NC1=O)C2=O)C(F)(F)c1cccc(Cl)c1C. The number of fused-ring (bicyclic) bond motifs is 1. The van der Waals surface area contributed by atoms with Gasteiger partial charge >= 0.3 is 5.92 Å². The fourth-order valence-corrected chi connectivity index (χ4v) is 4.34. The van der Waals surface area contributed by atoms with Crippen LogP contribution in [0, 0.1) is 6.92 Å². The Hall–Kier alpha value is -3.26. The van der Waals surface area contributed by atoms with Crippen LogP contribution < -0.4 is 10.6 Å². The van der Waals surface area contributed by atoms with Gasteiger partial charge < -0.3 is 10.2 Å². The van der Waals surface area contributed by atoms with Crippen LogP contribution in [0.2, 0.25) is 5.02 Å². The minimum Gasteiger partial charge on any atom is -0.380 e. The molecular weight excluding hydrogens is 452 g/mol. The van der Waals surface area contributed by atoms with Gasteiger partial charge in [0.1, 0.15) is 6.04 Å². The van der Waals surface area contributed by atoms with Gasteiger partial charge in [-0.05, 0) is 42.2 Å². The summed E-state index contributed by atoms with van der Waals surface area (Å²) in [6.45, 7) is 5.35. The predicted octanol–water partition coefficient (Wildman–Crippen LogP) is 3.80. The highest BCUT2D eigenvalue weighted by Gasteiger charge is 2.39. The second kappa shape index (κ2) is 8.59. The molecule has 3 amide bonds. The average Bonchev–Trinajstić information content (AvgIpc) is 3.09. The lowest BCUT2D eigenvalue weighted by Gasteiger charge is -2.29. The summed E-state index contributed by atoms with van der Waals surface area (Å²) in [6.07, 6.45) is 0.449. The standard InChI is InChI=1S/C24H22ClF2N3O3/c1-13-18(4-3-5-19(13)25)24(26,27)14(2)28-11-15-6-7-17-16(10-15)12-30(23(17)33)20-8-9-21(31)29-22(20)32/h3-7,10,20,28H,2,8-9,11-12H2,1H3,(H,29,31,32). The van der Waals surface area contributed by atoms with Crippen LogP contribution in [-0.2, 0) is 28.6 Å². The molecule has 0 saturated carbocycles. The Balaban J connectivity index is 1.45. The van der Waals surface area contributed by atoms with Crippen molar-refractivity contribution in [3.05, 3.63) is 81.5 Å². The van der Waals surface area contributed by atoms with Gasteiger partial charge in [0, 0.05) is 35.7 Å². The highest BCUT2D eigenvalue weighted by Crippen LogP contribution is 2.37. The molecule has 1 unspecified atom stereocenters. The van der Waals surface area contributed by atoms with Crippen LogP contribution in [0.5, 0.6) is 0 Å². The van der Waals surface area contributed by atoms with E-state index in [1.54, 1.807) is 24.3 Å². The van der Waals surface area contributed by atoms with Gasteiger partial charge in [0.2, 0.25) is 11.8 Å². The summed E-state index contributed by atoms with van der Waals surface area (Å²) < 4.78 is 29.9. The molecule has 2 heterocycles. The van der Waals surface area contributed by atoms with E-state index in [9.17, 15) is 23.2 Å². The first kappa shape index (κ1) is 22.9. The van der Waals surface area contributed by atoms with Gasteiger partial charge in [-0.15, -0.1) is 0 Å². The van der Waals surface area contributed by atoms with E-state index in [4.69, 9.17) is 11.6 Å². The van der Waals surface area contributed by atoms with Crippen molar-refractivity contribution < 1.29 is 23.2 Å². The van der Waals surface area contributed by atoms with Crippen molar-refractivity contribution in [2.75, 3.05) is 0 Å². The number of amides is 3. The number of hydrogen-bond donors (Lipinski definition) is 2. The smallest absolute Gasteiger partial charge is 0.312 e. The van der Waals surface area contributed by atoms with E-state index in [0.717, 1.165) is 0 Å². The van der Waals surface area contributed by atoms with Gasteiger partial charge in [-0.3, -0.25) is 19.7 Å². The Morgan fingerprint density at radius 3 is 2.76 bits per heavy atom. The Morgan fingerprint density at radius 1 is 1.27 bits per heavy atom. The minimum absolute atomic E-state index is 0.0773. The highest BCUT2D eigenvalue weighted by atomic mass is 35.5. The Bertz CT molecular complexity index is 1180. The molecule has 172 valence electrons. The van der Waals surface area contributed by atoms with Gasteiger partial charge in [-0.2, -0.15) is 8.78 Å². The normalized spacial score (nSPS) is 18.2. The van der Waals surface area contributed by atoms with E-state index in [-0.39, 0.29) is 53.9 Å². The van der Waals surface area contributed by atoms with Gasteiger partial charge in [0.15, 0.2) is 0 Å². The number of carbonyl (C=O) groups is 3. The van der Waals surface area contributed by atoms with Crippen LogP contribution in [-0.4, -0.2) is 28.7 Å². The number of nitrogens with zero attached hydrogens (tertiary/aromatic N) is 1. The quantitative estimate of drug-likeness (QED) is 0.625. The van der Waals surface area contributed by atoms with E-state index in [0.29, 0.717) is 16.7 Å². The number of allylic oxidation sites excluding steroid dienone is 1. The molecule has 9 heteroatoms. The fraction of sp³-hybridized carbons (Fsp3) is 0.292. The molecule has 2 aliphatic heterocycles. The summed E-state index contributed by atoms with van der Waals surface area (Å²) >= 11 is 5.99. The highest BCUT2D eigenvalue weighted by molar-refractivity contribution is 6.31. The third-order valence-electron chi connectivity index (χ3n) is 6.08. The molecule has 0 aromatic heterocycles. The maximum absolute atomic E-state index is 15.0. The molecule has 33 heavy (non-hydrogen) atoms. The number of nitrogens with one attached hydrogen (secondary N) is 2. The van der Waals surface area contributed by atoms with Gasteiger partial charge in [0.05, 0.1) is 5.70 Å². The molecular formula is C24H22ClF2N3O3.